The van der Waals surface area contributed by atoms with Gasteiger partial charge in [0.1, 0.15) is 0 Å². The van der Waals surface area contributed by atoms with E-state index in [0.29, 0.717) is 0 Å². The maximum atomic E-state index is 3.54. The van der Waals surface area contributed by atoms with Crippen molar-refractivity contribution in [1.82, 2.24) is 0 Å². The van der Waals surface area contributed by atoms with Gasteiger partial charge in [-0.3, -0.25) is 0 Å². The monoisotopic (exact) mass is 258 g/mol. The van der Waals surface area contributed by atoms with Crippen LogP contribution < -0.4 is 0 Å². The first kappa shape index (κ1) is 11.1. The lowest BCUT2D eigenvalue weighted by atomic mass is 10.2. The molecule has 0 aliphatic carbocycles. The molecule has 0 N–H and O–H groups in total. The van der Waals surface area contributed by atoms with Crippen molar-refractivity contribution >= 4 is 27.7 Å². The van der Waals surface area contributed by atoms with Crippen molar-refractivity contribution in [2.45, 2.75) is 18.2 Å². The molecule has 0 aliphatic heterocycles. The van der Waals surface area contributed by atoms with E-state index in [1.165, 1.54) is 17.1 Å². The topological polar surface area (TPSA) is 0 Å². The molecule has 0 radical (unpaired) electrons. The van der Waals surface area contributed by atoms with E-state index in [4.69, 9.17) is 0 Å². The summed E-state index contributed by atoms with van der Waals surface area (Å²) in [6.07, 6.45) is 1.26. The molecule has 0 aliphatic rings. The standard InChI is InChI=1S/C11H15BrS/c1-2-10(8-12)9-13-11-6-4-3-5-7-11/h3-7,10H,2,8-9H2,1H3. The zero-order valence-corrected chi connectivity index (χ0v) is 10.3. The SMILES string of the molecule is CCC(CBr)CSc1ccccc1. The van der Waals surface area contributed by atoms with E-state index in [2.05, 4.69) is 53.2 Å². The van der Waals surface area contributed by atoms with Crippen molar-refractivity contribution < 1.29 is 0 Å². The van der Waals surface area contributed by atoms with Gasteiger partial charge in [-0.05, 0) is 18.1 Å². The van der Waals surface area contributed by atoms with E-state index < -0.39 is 0 Å². The van der Waals surface area contributed by atoms with Crippen LogP contribution in [-0.4, -0.2) is 11.1 Å². The van der Waals surface area contributed by atoms with Gasteiger partial charge in [0, 0.05) is 16.0 Å². The van der Waals surface area contributed by atoms with Gasteiger partial charge in [0.15, 0.2) is 0 Å². The summed E-state index contributed by atoms with van der Waals surface area (Å²) in [7, 11) is 0. The fraction of sp³-hybridized carbons (Fsp3) is 0.455. The van der Waals surface area contributed by atoms with E-state index in [1.807, 2.05) is 11.8 Å². The minimum atomic E-state index is 0.796. The van der Waals surface area contributed by atoms with Crippen LogP contribution in [0.4, 0.5) is 0 Å². The largest absolute Gasteiger partial charge is 0.126 e. The maximum Gasteiger partial charge on any atom is 0.00720 e. The molecule has 0 saturated carbocycles. The third-order valence-corrected chi connectivity index (χ3v) is 4.18. The van der Waals surface area contributed by atoms with Gasteiger partial charge in [0.05, 0.1) is 0 Å². The fourth-order valence-corrected chi connectivity index (χ4v) is 3.12. The number of benzene rings is 1. The molecule has 1 unspecified atom stereocenters. The Hall–Kier alpha value is 0.0500. The first-order valence-electron chi connectivity index (χ1n) is 4.60. The zero-order chi connectivity index (χ0) is 9.52. The average Bonchev–Trinajstić information content (AvgIpc) is 2.21. The van der Waals surface area contributed by atoms with Crippen LogP contribution in [0.5, 0.6) is 0 Å². The molecule has 0 saturated heterocycles. The van der Waals surface area contributed by atoms with Crippen LogP contribution in [-0.2, 0) is 0 Å². The summed E-state index contributed by atoms with van der Waals surface area (Å²) in [5.74, 6) is 2.01. The Morgan fingerprint density at radius 1 is 1.31 bits per heavy atom. The molecule has 0 amide bonds. The molecule has 0 nitrogen and oxygen atoms in total. The van der Waals surface area contributed by atoms with Crippen molar-refractivity contribution in [2.75, 3.05) is 11.1 Å². The normalized spacial score (nSPS) is 12.8. The minimum absolute atomic E-state index is 0.796. The summed E-state index contributed by atoms with van der Waals surface area (Å²) in [6.45, 7) is 2.25. The molecule has 0 fully saturated rings. The van der Waals surface area contributed by atoms with E-state index >= 15 is 0 Å². The van der Waals surface area contributed by atoms with Crippen molar-refractivity contribution in [3.05, 3.63) is 30.3 Å². The molecular weight excluding hydrogens is 244 g/mol. The molecule has 0 bridgehead atoms. The number of hydrogen-bond acceptors (Lipinski definition) is 1. The smallest absolute Gasteiger partial charge is 0.00720 e. The highest BCUT2D eigenvalue weighted by Gasteiger charge is 2.04. The highest BCUT2D eigenvalue weighted by Crippen LogP contribution is 2.22. The Balaban J connectivity index is 2.34. The molecule has 0 spiro atoms. The second-order valence-corrected chi connectivity index (χ2v) is 4.79. The number of hydrogen-bond donors (Lipinski definition) is 0. The molecule has 13 heavy (non-hydrogen) atoms. The predicted molar refractivity (Wildman–Crippen MR) is 64.7 cm³/mol. The molecule has 0 aromatic heterocycles. The first-order chi connectivity index (χ1) is 6.36. The number of halogens is 1. The van der Waals surface area contributed by atoms with Gasteiger partial charge in [-0.25, -0.2) is 0 Å². The number of alkyl halides is 1. The van der Waals surface area contributed by atoms with Gasteiger partial charge in [0.2, 0.25) is 0 Å². The maximum absolute atomic E-state index is 3.54. The molecule has 2 heteroatoms. The molecule has 1 aromatic rings. The summed E-state index contributed by atoms with van der Waals surface area (Å²) in [5, 5.41) is 1.11. The Morgan fingerprint density at radius 3 is 2.54 bits per heavy atom. The summed E-state index contributed by atoms with van der Waals surface area (Å²) in [5.41, 5.74) is 0. The van der Waals surface area contributed by atoms with Gasteiger partial charge in [-0.15, -0.1) is 11.8 Å². The van der Waals surface area contributed by atoms with E-state index in [0.717, 1.165) is 11.2 Å². The van der Waals surface area contributed by atoms with Crippen molar-refractivity contribution in [3.8, 4) is 0 Å². The molecular formula is C11H15BrS. The third-order valence-electron chi connectivity index (χ3n) is 2.02. The van der Waals surface area contributed by atoms with Gasteiger partial charge < -0.3 is 0 Å². The second kappa shape index (κ2) is 6.50. The van der Waals surface area contributed by atoms with Gasteiger partial charge in [-0.1, -0.05) is 47.5 Å². The van der Waals surface area contributed by atoms with Crippen LogP contribution in [0.15, 0.2) is 35.2 Å². The van der Waals surface area contributed by atoms with Crippen molar-refractivity contribution in [3.63, 3.8) is 0 Å². The fourth-order valence-electron chi connectivity index (χ4n) is 1.00. The van der Waals surface area contributed by atoms with Crippen LogP contribution in [0.3, 0.4) is 0 Å². The predicted octanol–water partition coefficient (Wildman–Crippen LogP) is 4.20. The zero-order valence-electron chi connectivity index (χ0n) is 7.87. The summed E-state index contributed by atoms with van der Waals surface area (Å²) in [6, 6.07) is 10.6. The summed E-state index contributed by atoms with van der Waals surface area (Å²) >= 11 is 5.48. The van der Waals surface area contributed by atoms with E-state index in [-0.39, 0.29) is 0 Å². The summed E-state index contributed by atoms with van der Waals surface area (Å²) in [4.78, 5) is 1.38. The molecule has 72 valence electrons. The Morgan fingerprint density at radius 2 is 2.00 bits per heavy atom. The third kappa shape index (κ3) is 4.19. The minimum Gasteiger partial charge on any atom is -0.126 e. The highest BCUT2D eigenvalue weighted by molar-refractivity contribution is 9.09. The lowest BCUT2D eigenvalue weighted by molar-refractivity contribution is 0.652. The van der Waals surface area contributed by atoms with E-state index in [9.17, 15) is 0 Å². The van der Waals surface area contributed by atoms with E-state index in [1.54, 1.807) is 0 Å². The number of rotatable bonds is 5. The quantitative estimate of drug-likeness (QED) is 0.564. The Bertz CT molecular complexity index is 219. The van der Waals surface area contributed by atoms with Crippen LogP contribution >= 0.6 is 27.7 Å². The lowest BCUT2D eigenvalue weighted by Gasteiger charge is -2.09. The van der Waals surface area contributed by atoms with Gasteiger partial charge >= 0.3 is 0 Å². The molecule has 0 heterocycles. The first-order valence-corrected chi connectivity index (χ1v) is 6.71. The Kier molecular flexibility index (Phi) is 5.56. The number of thioether (sulfide) groups is 1. The van der Waals surface area contributed by atoms with Crippen LogP contribution in [0.2, 0.25) is 0 Å². The summed E-state index contributed by atoms with van der Waals surface area (Å²) < 4.78 is 0. The van der Waals surface area contributed by atoms with Crippen molar-refractivity contribution in [1.29, 1.82) is 0 Å². The molecule has 1 atom stereocenters. The molecule has 1 rings (SSSR count). The highest BCUT2D eigenvalue weighted by atomic mass is 79.9. The molecule has 1 aromatic carbocycles. The van der Waals surface area contributed by atoms with Gasteiger partial charge in [-0.2, -0.15) is 0 Å². The average molecular weight is 259 g/mol. The van der Waals surface area contributed by atoms with Crippen LogP contribution in [0, 0.1) is 5.92 Å². The van der Waals surface area contributed by atoms with Crippen molar-refractivity contribution in [2.24, 2.45) is 5.92 Å². The second-order valence-electron chi connectivity index (χ2n) is 3.05. The lowest BCUT2D eigenvalue weighted by Crippen LogP contribution is -2.02. The van der Waals surface area contributed by atoms with Gasteiger partial charge in [0.25, 0.3) is 0 Å². The Labute approximate surface area is 93.2 Å². The van der Waals surface area contributed by atoms with Crippen LogP contribution in [0.1, 0.15) is 13.3 Å². The van der Waals surface area contributed by atoms with Crippen LogP contribution in [0.25, 0.3) is 0 Å².